The van der Waals surface area contributed by atoms with E-state index in [4.69, 9.17) is 11.6 Å². The molecule has 1 atom stereocenters. The second-order valence-corrected chi connectivity index (χ2v) is 6.31. The van der Waals surface area contributed by atoms with Gasteiger partial charge in [0, 0.05) is 35.1 Å². The molecule has 3 aromatic rings. The van der Waals surface area contributed by atoms with Crippen molar-refractivity contribution < 1.29 is 4.79 Å². The van der Waals surface area contributed by atoms with Crippen LogP contribution < -0.4 is 5.32 Å². The Hall–Kier alpha value is -2.85. The van der Waals surface area contributed by atoms with E-state index >= 15 is 0 Å². The average molecular weight is 350 g/mol. The molecule has 1 N–H and O–H groups in total. The Morgan fingerprint density at radius 3 is 2.64 bits per heavy atom. The van der Waals surface area contributed by atoms with E-state index in [1.165, 1.54) is 0 Å². The monoisotopic (exact) mass is 349 g/mol. The van der Waals surface area contributed by atoms with Crippen molar-refractivity contribution in [3.05, 3.63) is 94.8 Å². The fraction of sp³-hybridized carbons (Fsp3) is 0.100. The van der Waals surface area contributed by atoms with Gasteiger partial charge in [-0.3, -0.25) is 9.78 Å². The zero-order valence-electron chi connectivity index (χ0n) is 13.4. The van der Waals surface area contributed by atoms with Gasteiger partial charge in [0.1, 0.15) is 6.17 Å². The molecule has 1 aliphatic rings. The van der Waals surface area contributed by atoms with Gasteiger partial charge in [-0.1, -0.05) is 48.0 Å². The molecule has 0 bridgehead atoms. The number of amides is 1. The molecule has 4 nitrogen and oxygen atoms in total. The summed E-state index contributed by atoms with van der Waals surface area (Å²) in [6, 6.07) is 19.1. The number of benzene rings is 2. The average Bonchev–Trinajstić information content (AvgIpc) is 2.91. The SMILES string of the molecule is O=C1c2ccccc2[C@H](Nc2cccnc2)N1Cc1ccccc1Cl. The molecule has 2 heterocycles. The number of hydrogen-bond acceptors (Lipinski definition) is 3. The molecule has 0 aliphatic carbocycles. The number of anilines is 1. The lowest BCUT2D eigenvalue weighted by atomic mass is 10.1. The van der Waals surface area contributed by atoms with Crippen LogP contribution in [0.2, 0.25) is 5.02 Å². The van der Waals surface area contributed by atoms with E-state index in [9.17, 15) is 4.79 Å². The molecule has 1 aromatic heterocycles. The molecule has 25 heavy (non-hydrogen) atoms. The summed E-state index contributed by atoms with van der Waals surface area (Å²) in [6.45, 7) is 0.436. The molecule has 1 aliphatic heterocycles. The topological polar surface area (TPSA) is 45.2 Å². The molecule has 4 rings (SSSR count). The summed E-state index contributed by atoms with van der Waals surface area (Å²) < 4.78 is 0. The van der Waals surface area contributed by atoms with Crippen molar-refractivity contribution >= 4 is 23.2 Å². The molecule has 1 amide bonds. The van der Waals surface area contributed by atoms with E-state index in [0.29, 0.717) is 11.6 Å². The van der Waals surface area contributed by atoms with E-state index in [0.717, 1.165) is 22.4 Å². The minimum Gasteiger partial charge on any atom is -0.360 e. The fourth-order valence-electron chi connectivity index (χ4n) is 3.10. The van der Waals surface area contributed by atoms with Crippen LogP contribution in [0, 0.1) is 0 Å². The Morgan fingerprint density at radius 2 is 1.84 bits per heavy atom. The molecule has 0 saturated heterocycles. The lowest BCUT2D eigenvalue weighted by Crippen LogP contribution is -2.32. The number of hydrogen-bond donors (Lipinski definition) is 1. The third-order valence-electron chi connectivity index (χ3n) is 4.32. The molecular weight excluding hydrogens is 334 g/mol. The van der Waals surface area contributed by atoms with E-state index in [1.807, 2.05) is 60.7 Å². The van der Waals surface area contributed by atoms with Gasteiger partial charge >= 0.3 is 0 Å². The van der Waals surface area contributed by atoms with Crippen LogP contribution in [0.5, 0.6) is 0 Å². The Kier molecular flexibility index (Phi) is 4.12. The summed E-state index contributed by atoms with van der Waals surface area (Å²) in [5.74, 6) is -0.00286. The largest absolute Gasteiger partial charge is 0.360 e. The van der Waals surface area contributed by atoms with Gasteiger partial charge in [0.05, 0.1) is 5.69 Å². The number of halogens is 1. The Bertz CT molecular complexity index is 914. The van der Waals surface area contributed by atoms with E-state index in [-0.39, 0.29) is 12.1 Å². The van der Waals surface area contributed by atoms with Crippen molar-refractivity contribution in [1.29, 1.82) is 0 Å². The molecule has 124 valence electrons. The zero-order chi connectivity index (χ0) is 17.2. The third kappa shape index (κ3) is 2.96. The smallest absolute Gasteiger partial charge is 0.256 e. The van der Waals surface area contributed by atoms with Crippen LogP contribution in [0.25, 0.3) is 0 Å². The number of carbonyl (C=O) groups excluding carboxylic acids is 1. The quantitative estimate of drug-likeness (QED) is 0.754. The molecular formula is C20H16ClN3O. The minimum absolute atomic E-state index is 0.00286. The highest BCUT2D eigenvalue weighted by Gasteiger charge is 2.36. The number of nitrogens with one attached hydrogen (secondary N) is 1. The number of fused-ring (bicyclic) bond motifs is 1. The lowest BCUT2D eigenvalue weighted by Gasteiger charge is -2.27. The highest BCUT2D eigenvalue weighted by molar-refractivity contribution is 6.31. The molecule has 2 aromatic carbocycles. The van der Waals surface area contributed by atoms with Crippen LogP contribution in [-0.4, -0.2) is 15.8 Å². The van der Waals surface area contributed by atoms with Crippen LogP contribution in [0.15, 0.2) is 73.1 Å². The number of pyridine rings is 1. The van der Waals surface area contributed by atoms with Crippen LogP contribution in [0.1, 0.15) is 27.7 Å². The van der Waals surface area contributed by atoms with Crippen molar-refractivity contribution in [1.82, 2.24) is 9.88 Å². The molecule has 5 heteroatoms. The number of carbonyl (C=O) groups is 1. The summed E-state index contributed by atoms with van der Waals surface area (Å²) in [6.07, 6.45) is 3.21. The number of aromatic nitrogens is 1. The number of rotatable bonds is 4. The zero-order valence-corrected chi connectivity index (χ0v) is 14.1. The van der Waals surface area contributed by atoms with Crippen molar-refractivity contribution in [2.24, 2.45) is 0 Å². The van der Waals surface area contributed by atoms with E-state index in [2.05, 4.69) is 10.3 Å². The van der Waals surface area contributed by atoms with Crippen molar-refractivity contribution in [2.75, 3.05) is 5.32 Å². The van der Waals surface area contributed by atoms with Gasteiger partial charge in [-0.25, -0.2) is 0 Å². The second kappa shape index (κ2) is 6.57. The van der Waals surface area contributed by atoms with Gasteiger partial charge in [-0.15, -0.1) is 0 Å². The first kappa shape index (κ1) is 15.7. The van der Waals surface area contributed by atoms with Gasteiger partial charge in [0.25, 0.3) is 5.91 Å². The Balaban J connectivity index is 1.71. The summed E-state index contributed by atoms with van der Waals surface area (Å²) >= 11 is 6.30. The highest BCUT2D eigenvalue weighted by Crippen LogP contribution is 2.36. The molecule has 0 saturated carbocycles. The molecule has 0 spiro atoms. The van der Waals surface area contributed by atoms with Crippen molar-refractivity contribution in [3.63, 3.8) is 0 Å². The molecule has 0 fully saturated rings. The van der Waals surface area contributed by atoms with Gasteiger partial charge in [-0.05, 0) is 29.8 Å². The van der Waals surface area contributed by atoms with Crippen LogP contribution in [-0.2, 0) is 6.54 Å². The standard InChI is InChI=1S/C20H16ClN3O/c21-18-10-4-1-6-14(18)13-24-19(23-15-7-5-11-22-12-15)16-8-2-3-9-17(16)20(24)25/h1-12,19,23H,13H2/t19-/m1/s1. The maximum Gasteiger partial charge on any atom is 0.256 e. The molecule has 0 unspecified atom stereocenters. The predicted octanol–water partition coefficient (Wildman–Crippen LogP) is 4.50. The van der Waals surface area contributed by atoms with Crippen LogP contribution in [0.3, 0.4) is 0 Å². The molecule has 0 radical (unpaired) electrons. The summed E-state index contributed by atoms with van der Waals surface area (Å²) in [5, 5.41) is 4.08. The Labute approximate surface area is 151 Å². The maximum atomic E-state index is 12.9. The third-order valence-corrected chi connectivity index (χ3v) is 4.69. The summed E-state index contributed by atoms with van der Waals surface area (Å²) in [5.41, 5.74) is 3.46. The van der Waals surface area contributed by atoms with Crippen LogP contribution in [0.4, 0.5) is 5.69 Å². The van der Waals surface area contributed by atoms with Gasteiger partial charge in [0.15, 0.2) is 0 Å². The summed E-state index contributed by atoms with van der Waals surface area (Å²) in [4.78, 5) is 18.9. The first-order valence-corrected chi connectivity index (χ1v) is 8.42. The van der Waals surface area contributed by atoms with E-state index in [1.54, 1.807) is 17.3 Å². The highest BCUT2D eigenvalue weighted by atomic mass is 35.5. The fourth-order valence-corrected chi connectivity index (χ4v) is 3.30. The van der Waals surface area contributed by atoms with E-state index < -0.39 is 0 Å². The normalized spacial score (nSPS) is 16.0. The summed E-state index contributed by atoms with van der Waals surface area (Å²) in [7, 11) is 0. The first-order valence-electron chi connectivity index (χ1n) is 8.04. The Morgan fingerprint density at radius 1 is 1.04 bits per heavy atom. The predicted molar refractivity (Wildman–Crippen MR) is 98.4 cm³/mol. The number of nitrogens with zero attached hydrogens (tertiary/aromatic N) is 2. The first-order chi connectivity index (χ1) is 12.2. The lowest BCUT2D eigenvalue weighted by molar-refractivity contribution is 0.0729. The van der Waals surface area contributed by atoms with Gasteiger partial charge in [-0.2, -0.15) is 0 Å². The maximum absolute atomic E-state index is 12.9. The van der Waals surface area contributed by atoms with Gasteiger partial charge < -0.3 is 10.2 Å². The van der Waals surface area contributed by atoms with Crippen LogP contribution >= 0.6 is 11.6 Å². The van der Waals surface area contributed by atoms with Gasteiger partial charge in [0.2, 0.25) is 0 Å². The second-order valence-electron chi connectivity index (χ2n) is 5.90. The minimum atomic E-state index is -0.260. The van der Waals surface area contributed by atoms with Crippen molar-refractivity contribution in [3.8, 4) is 0 Å². The van der Waals surface area contributed by atoms with Crippen molar-refractivity contribution in [2.45, 2.75) is 12.7 Å².